The lowest BCUT2D eigenvalue weighted by atomic mass is 10.1. The average Bonchev–Trinajstić information content (AvgIpc) is 3.33. The fourth-order valence-corrected chi connectivity index (χ4v) is 3.63. The number of aryl methyl sites for hydroxylation is 1. The predicted molar refractivity (Wildman–Crippen MR) is 119 cm³/mol. The second kappa shape index (κ2) is 9.39. The van der Waals surface area contributed by atoms with Gasteiger partial charge in [-0.15, -0.1) is 10.2 Å². The molecule has 4 rings (SSSR count). The zero-order valence-electron chi connectivity index (χ0n) is 17.2. The molecule has 0 bridgehead atoms. The molecular weight excluding hydrogens is 376 g/mol. The van der Waals surface area contributed by atoms with Gasteiger partial charge >= 0.3 is 0 Å². The molecule has 1 N–H and O–H groups in total. The van der Waals surface area contributed by atoms with Crippen LogP contribution in [0, 0.1) is 0 Å². The highest BCUT2D eigenvalue weighted by molar-refractivity contribution is 5.92. The van der Waals surface area contributed by atoms with E-state index in [0.717, 1.165) is 47.9 Å². The minimum absolute atomic E-state index is 0.0361. The van der Waals surface area contributed by atoms with Crippen molar-refractivity contribution in [1.29, 1.82) is 0 Å². The zero-order chi connectivity index (χ0) is 20.8. The number of carbonyl (C=O) groups is 1. The van der Waals surface area contributed by atoms with Crippen LogP contribution in [0.15, 0.2) is 60.7 Å². The lowest BCUT2D eigenvalue weighted by Gasteiger charge is -2.15. The van der Waals surface area contributed by atoms with Crippen molar-refractivity contribution in [2.45, 2.75) is 26.2 Å². The molecule has 1 fully saturated rings. The van der Waals surface area contributed by atoms with E-state index in [1.807, 2.05) is 60.7 Å². The average molecular weight is 402 g/mol. The van der Waals surface area contributed by atoms with Gasteiger partial charge in [0, 0.05) is 24.3 Å². The molecule has 1 aromatic heterocycles. The van der Waals surface area contributed by atoms with Gasteiger partial charge in [-0.3, -0.25) is 4.79 Å². The Bertz CT molecular complexity index is 998. The van der Waals surface area contributed by atoms with Crippen LogP contribution in [0.5, 0.6) is 5.75 Å². The Labute approximate surface area is 176 Å². The van der Waals surface area contributed by atoms with Crippen LogP contribution in [0.25, 0.3) is 11.3 Å². The van der Waals surface area contributed by atoms with Gasteiger partial charge in [0.05, 0.1) is 5.69 Å². The number of anilines is 2. The van der Waals surface area contributed by atoms with Crippen LogP contribution in [-0.4, -0.2) is 35.8 Å². The molecule has 1 aliphatic rings. The molecule has 0 unspecified atom stereocenters. The van der Waals surface area contributed by atoms with Crippen molar-refractivity contribution < 1.29 is 9.53 Å². The summed E-state index contributed by atoms with van der Waals surface area (Å²) in [5.41, 5.74) is 3.48. The van der Waals surface area contributed by atoms with E-state index >= 15 is 0 Å². The van der Waals surface area contributed by atoms with Crippen LogP contribution in [0.1, 0.15) is 25.3 Å². The second-order valence-corrected chi connectivity index (χ2v) is 7.35. The van der Waals surface area contributed by atoms with Crippen LogP contribution in [0.3, 0.4) is 0 Å². The van der Waals surface area contributed by atoms with Crippen LogP contribution in [0.4, 0.5) is 11.5 Å². The van der Waals surface area contributed by atoms with Crippen molar-refractivity contribution >= 4 is 17.4 Å². The standard InChI is InChI=1S/C24H26N4O2/c1-2-18-8-3-4-11-22(18)30-17-24(29)25-20-10-7-9-19(16-20)21-12-13-23(27-26-21)28-14-5-6-15-28/h3-4,7-13,16H,2,5-6,14-15,17H2,1H3,(H,25,29). The number of nitrogens with one attached hydrogen (secondary N) is 1. The molecule has 0 spiro atoms. The summed E-state index contributed by atoms with van der Waals surface area (Å²) < 4.78 is 5.70. The number of carbonyl (C=O) groups excluding carboxylic acids is 1. The summed E-state index contributed by atoms with van der Waals surface area (Å²) in [4.78, 5) is 14.6. The Hall–Kier alpha value is -3.41. The lowest BCUT2D eigenvalue weighted by molar-refractivity contribution is -0.118. The van der Waals surface area contributed by atoms with Crippen molar-refractivity contribution in [2.24, 2.45) is 0 Å². The van der Waals surface area contributed by atoms with Crippen molar-refractivity contribution in [2.75, 3.05) is 29.9 Å². The highest BCUT2D eigenvalue weighted by atomic mass is 16.5. The maximum Gasteiger partial charge on any atom is 0.262 e. The van der Waals surface area contributed by atoms with Crippen molar-refractivity contribution in [3.63, 3.8) is 0 Å². The molecule has 2 heterocycles. The first kappa shape index (κ1) is 19.9. The normalized spacial score (nSPS) is 13.3. The molecule has 6 heteroatoms. The maximum atomic E-state index is 12.4. The van der Waals surface area contributed by atoms with Gasteiger partial charge in [-0.25, -0.2) is 0 Å². The minimum Gasteiger partial charge on any atom is -0.483 e. The maximum absolute atomic E-state index is 12.4. The largest absolute Gasteiger partial charge is 0.483 e. The molecule has 1 aliphatic heterocycles. The summed E-state index contributed by atoms with van der Waals surface area (Å²) in [7, 11) is 0. The van der Waals surface area contributed by atoms with E-state index in [0.29, 0.717) is 5.69 Å². The molecule has 0 radical (unpaired) electrons. The molecule has 6 nitrogen and oxygen atoms in total. The third kappa shape index (κ3) is 4.76. The first-order valence-corrected chi connectivity index (χ1v) is 10.4. The van der Waals surface area contributed by atoms with Gasteiger partial charge in [0.2, 0.25) is 0 Å². The lowest BCUT2D eigenvalue weighted by Crippen LogP contribution is -2.20. The second-order valence-electron chi connectivity index (χ2n) is 7.35. The summed E-state index contributed by atoms with van der Waals surface area (Å²) in [5.74, 6) is 1.47. The number of amides is 1. The molecule has 154 valence electrons. The van der Waals surface area contributed by atoms with Gasteiger partial charge in [0.1, 0.15) is 5.75 Å². The van der Waals surface area contributed by atoms with Gasteiger partial charge in [0.25, 0.3) is 5.91 Å². The van der Waals surface area contributed by atoms with Crippen molar-refractivity contribution in [1.82, 2.24) is 10.2 Å². The first-order chi connectivity index (χ1) is 14.7. The Morgan fingerprint density at radius 2 is 1.87 bits per heavy atom. The molecule has 0 saturated carbocycles. The third-order valence-electron chi connectivity index (χ3n) is 5.23. The number of hydrogen-bond acceptors (Lipinski definition) is 5. The fourth-order valence-electron chi connectivity index (χ4n) is 3.63. The highest BCUT2D eigenvalue weighted by Gasteiger charge is 2.14. The number of nitrogens with zero attached hydrogens (tertiary/aromatic N) is 3. The summed E-state index contributed by atoms with van der Waals surface area (Å²) in [6.07, 6.45) is 3.27. The van der Waals surface area contributed by atoms with Gasteiger partial charge < -0.3 is 15.0 Å². The van der Waals surface area contributed by atoms with Gasteiger partial charge in [0.15, 0.2) is 12.4 Å². The Morgan fingerprint density at radius 1 is 1.03 bits per heavy atom. The third-order valence-corrected chi connectivity index (χ3v) is 5.23. The fraction of sp³-hybridized carbons (Fsp3) is 0.292. The predicted octanol–water partition coefficient (Wildman–Crippen LogP) is 4.32. The number of benzene rings is 2. The van der Waals surface area contributed by atoms with Crippen LogP contribution in [-0.2, 0) is 11.2 Å². The quantitative estimate of drug-likeness (QED) is 0.637. The van der Waals surface area contributed by atoms with E-state index in [2.05, 4.69) is 27.3 Å². The van der Waals surface area contributed by atoms with E-state index in [9.17, 15) is 4.79 Å². The first-order valence-electron chi connectivity index (χ1n) is 10.4. The van der Waals surface area contributed by atoms with E-state index in [-0.39, 0.29) is 12.5 Å². The zero-order valence-corrected chi connectivity index (χ0v) is 17.2. The van der Waals surface area contributed by atoms with Gasteiger partial charge in [-0.1, -0.05) is 37.3 Å². The number of ether oxygens (including phenoxy) is 1. The Balaban J connectivity index is 1.38. The Morgan fingerprint density at radius 3 is 2.63 bits per heavy atom. The van der Waals surface area contributed by atoms with Gasteiger partial charge in [-0.05, 0) is 55.2 Å². The van der Waals surface area contributed by atoms with Crippen molar-refractivity contribution in [3.05, 3.63) is 66.2 Å². The molecular formula is C24H26N4O2. The molecule has 1 amide bonds. The summed E-state index contributed by atoms with van der Waals surface area (Å²) in [6.45, 7) is 4.11. The Kier molecular flexibility index (Phi) is 6.23. The number of aromatic nitrogens is 2. The summed E-state index contributed by atoms with van der Waals surface area (Å²) in [5, 5.41) is 11.7. The number of rotatable bonds is 7. The van der Waals surface area contributed by atoms with E-state index in [4.69, 9.17) is 4.74 Å². The summed E-state index contributed by atoms with van der Waals surface area (Å²) in [6, 6.07) is 19.4. The molecule has 30 heavy (non-hydrogen) atoms. The van der Waals surface area contributed by atoms with Crippen LogP contribution < -0.4 is 15.0 Å². The van der Waals surface area contributed by atoms with E-state index in [1.165, 1.54) is 12.8 Å². The molecule has 0 aliphatic carbocycles. The molecule has 1 saturated heterocycles. The smallest absolute Gasteiger partial charge is 0.262 e. The number of hydrogen-bond donors (Lipinski definition) is 1. The SMILES string of the molecule is CCc1ccccc1OCC(=O)Nc1cccc(-c2ccc(N3CCCC3)nn2)c1. The van der Waals surface area contributed by atoms with Crippen LogP contribution >= 0.6 is 0 Å². The topological polar surface area (TPSA) is 67.3 Å². The van der Waals surface area contributed by atoms with Crippen LogP contribution in [0.2, 0.25) is 0 Å². The highest BCUT2D eigenvalue weighted by Crippen LogP contribution is 2.23. The van der Waals surface area contributed by atoms with Gasteiger partial charge in [-0.2, -0.15) is 0 Å². The van der Waals surface area contributed by atoms with Crippen molar-refractivity contribution in [3.8, 4) is 17.0 Å². The molecule has 3 aromatic rings. The number of para-hydroxylation sites is 1. The minimum atomic E-state index is -0.200. The van der Waals surface area contributed by atoms with E-state index in [1.54, 1.807) is 0 Å². The molecule has 0 atom stereocenters. The van der Waals surface area contributed by atoms with E-state index < -0.39 is 0 Å². The molecule has 2 aromatic carbocycles. The monoisotopic (exact) mass is 402 g/mol. The summed E-state index contributed by atoms with van der Waals surface area (Å²) >= 11 is 0.